The van der Waals surface area contributed by atoms with Crippen molar-refractivity contribution in [3.8, 4) is 0 Å². The Bertz CT molecular complexity index is 604. The number of rotatable bonds is 8. The van der Waals surface area contributed by atoms with Crippen molar-refractivity contribution in [1.82, 2.24) is 15.1 Å². The third kappa shape index (κ3) is 5.99. The number of carbonyl (C=O) groups excluding carboxylic acids is 2. The molecule has 1 unspecified atom stereocenters. The van der Waals surface area contributed by atoms with Crippen molar-refractivity contribution < 1.29 is 9.59 Å². The van der Waals surface area contributed by atoms with Gasteiger partial charge in [-0.15, -0.1) is 0 Å². The van der Waals surface area contributed by atoms with Gasteiger partial charge in [-0.25, -0.2) is 0 Å². The molecule has 26 heavy (non-hydrogen) atoms. The second-order valence-electron chi connectivity index (χ2n) is 7.34. The van der Waals surface area contributed by atoms with E-state index < -0.39 is 0 Å². The number of hydrogen-bond acceptors (Lipinski definition) is 3. The van der Waals surface area contributed by atoms with Crippen LogP contribution < -0.4 is 5.32 Å². The van der Waals surface area contributed by atoms with Gasteiger partial charge in [-0.05, 0) is 30.0 Å². The summed E-state index contributed by atoms with van der Waals surface area (Å²) in [6, 6.07) is 7.19. The van der Waals surface area contributed by atoms with Crippen LogP contribution in [-0.2, 0) is 16.1 Å². The van der Waals surface area contributed by atoms with Crippen molar-refractivity contribution in [2.24, 2.45) is 5.92 Å². The van der Waals surface area contributed by atoms with E-state index >= 15 is 0 Å². The molecule has 0 saturated carbocycles. The molecule has 0 spiro atoms. The molecule has 0 bridgehead atoms. The molecule has 1 aliphatic rings. The van der Waals surface area contributed by atoms with Crippen LogP contribution >= 0.6 is 11.6 Å². The van der Waals surface area contributed by atoms with E-state index in [9.17, 15) is 9.59 Å². The van der Waals surface area contributed by atoms with E-state index in [2.05, 4.69) is 31.0 Å². The van der Waals surface area contributed by atoms with Crippen LogP contribution in [0.25, 0.3) is 0 Å². The first-order valence-electron chi connectivity index (χ1n) is 9.44. The maximum atomic E-state index is 12.9. The zero-order valence-corrected chi connectivity index (χ0v) is 16.8. The monoisotopic (exact) mass is 379 g/mol. The topological polar surface area (TPSA) is 52.7 Å². The quantitative estimate of drug-likeness (QED) is 0.755. The van der Waals surface area contributed by atoms with Crippen molar-refractivity contribution in [2.75, 3.05) is 26.2 Å². The number of carbonyl (C=O) groups is 2. The van der Waals surface area contributed by atoms with Gasteiger partial charge in [0.2, 0.25) is 11.8 Å². The Kier molecular flexibility index (Phi) is 7.91. The van der Waals surface area contributed by atoms with Gasteiger partial charge in [-0.2, -0.15) is 0 Å². The normalized spacial score (nSPS) is 18.0. The van der Waals surface area contributed by atoms with E-state index in [0.717, 1.165) is 25.1 Å². The predicted molar refractivity (Wildman–Crippen MR) is 105 cm³/mol. The first-order valence-corrected chi connectivity index (χ1v) is 9.82. The fourth-order valence-electron chi connectivity index (χ4n) is 3.34. The summed E-state index contributed by atoms with van der Waals surface area (Å²) in [5.74, 6) is 0.449. The molecule has 1 aliphatic heterocycles. The molecule has 0 aromatic heterocycles. The summed E-state index contributed by atoms with van der Waals surface area (Å²) >= 11 is 5.94. The number of amides is 2. The summed E-state index contributed by atoms with van der Waals surface area (Å²) in [6.07, 6.45) is 1.11. The molecule has 0 aliphatic carbocycles. The highest BCUT2D eigenvalue weighted by Crippen LogP contribution is 2.16. The number of benzene rings is 1. The Morgan fingerprint density at radius 3 is 2.65 bits per heavy atom. The lowest BCUT2D eigenvalue weighted by Crippen LogP contribution is -2.57. The molecule has 1 fully saturated rings. The second kappa shape index (κ2) is 9.93. The van der Waals surface area contributed by atoms with Gasteiger partial charge >= 0.3 is 0 Å². The molecule has 6 heteroatoms. The first kappa shape index (κ1) is 20.7. The third-order valence-electron chi connectivity index (χ3n) is 4.54. The number of nitrogens with zero attached hydrogens (tertiary/aromatic N) is 2. The molecule has 1 aromatic carbocycles. The van der Waals surface area contributed by atoms with Gasteiger partial charge in [0, 0.05) is 37.7 Å². The van der Waals surface area contributed by atoms with E-state index in [1.165, 1.54) is 0 Å². The van der Waals surface area contributed by atoms with Gasteiger partial charge < -0.3 is 10.2 Å². The molecule has 0 radical (unpaired) electrons. The highest BCUT2D eigenvalue weighted by molar-refractivity contribution is 6.30. The highest BCUT2D eigenvalue weighted by Gasteiger charge is 2.33. The van der Waals surface area contributed by atoms with E-state index in [-0.39, 0.29) is 24.3 Å². The van der Waals surface area contributed by atoms with Gasteiger partial charge in [0.1, 0.15) is 0 Å². The van der Waals surface area contributed by atoms with E-state index in [4.69, 9.17) is 11.6 Å². The second-order valence-corrected chi connectivity index (χ2v) is 7.78. The Morgan fingerprint density at radius 2 is 2.04 bits per heavy atom. The highest BCUT2D eigenvalue weighted by atomic mass is 35.5. The number of halogens is 1. The maximum Gasteiger partial charge on any atom is 0.237 e. The van der Waals surface area contributed by atoms with E-state index in [1.54, 1.807) is 0 Å². The molecule has 1 saturated heterocycles. The molecule has 2 amide bonds. The van der Waals surface area contributed by atoms with Crippen molar-refractivity contribution >= 4 is 23.4 Å². The average Bonchev–Trinajstić information content (AvgIpc) is 2.59. The van der Waals surface area contributed by atoms with Crippen LogP contribution in [0.1, 0.15) is 39.2 Å². The Balaban J connectivity index is 2.06. The van der Waals surface area contributed by atoms with Crippen molar-refractivity contribution in [3.63, 3.8) is 0 Å². The summed E-state index contributed by atoms with van der Waals surface area (Å²) < 4.78 is 0. The van der Waals surface area contributed by atoms with Gasteiger partial charge in [-0.1, -0.05) is 44.5 Å². The van der Waals surface area contributed by atoms with Gasteiger partial charge in [0.25, 0.3) is 0 Å². The SMILES string of the molecule is CCCN(Cc1ccc(Cl)cc1)C(=O)CC1C(=O)NCCN1CC(C)C. The van der Waals surface area contributed by atoms with E-state index in [0.29, 0.717) is 30.6 Å². The largest absolute Gasteiger partial charge is 0.353 e. The summed E-state index contributed by atoms with van der Waals surface area (Å²) in [4.78, 5) is 29.3. The number of piperazine rings is 1. The fraction of sp³-hybridized carbons (Fsp3) is 0.600. The molecule has 5 nitrogen and oxygen atoms in total. The minimum atomic E-state index is -0.372. The van der Waals surface area contributed by atoms with Crippen LogP contribution in [0.4, 0.5) is 0 Å². The lowest BCUT2D eigenvalue weighted by Gasteiger charge is -2.36. The summed E-state index contributed by atoms with van der Waals surface area (Å²) in [6.45, 7) is 9.83. The average molecular weight is 380 g/mol. The Labute approximate surface area is 161 Å². The van der Waals surface area contributed by atoms with Crippen LogP contribution in [0.15, 0.2) is 24.3 Å². The molecule has 1 N–H and O–H groups in total. The first-order chi connectivity index (χ1) is 12.4. The third-order valence-corrected chi connectivity index (χ3v) is 4.79. The number of hydrogen-bond donors (Lipinski definition) is 1. The van der Waals surface area contributed by atoms with Crippen molar-refractivity contribution in [1.29, 1.82) is 0 Å². The molecular weight excluding hydrogens is 350 g/mol. The number of nitrogens with one attached hydrogen (secondary N) is 1. The molecular formula is C20H30ClN3O2. The minimum Gasteiger partial charge on any atom is -0.353 e. The molecule has 1 atom stereocenters. The van der Waals surface area contributed by atoms with Crippen LogP contribution in [0, 0.1) is 5.92 Å². The van der Waals surface area contributed by atoms with Crippen molar-refractivity contribution in [3.05, 3.63) is 34.9 Å². The lowest BCUT2D eigenvalue weighted by atomic mass is 10.0. The lowest BCUT2D eigenvalue weighted by molar-refractivity contribution is -0.139. The van der Waals surface area contributed by atoms with E-state index in [1.807, 2.05) is 29.2 Å². The molecule has 144 valence electrons. The van der Waals surface area contributed by atoms with Crippen LogP contribution in [0.5, 0.6) is 0 Å². The summed E-state index contributed by atoms with van der Waals surface area (Å²) in [7, 11) is 0. The van der Waals surface area contributed by atoms with Gasteiger partial charge in [0.15, 0.2) is 0 Å². The zero-order chi connectivity index (χ0) is 19.1. The Hall–Kier alpha value is -1.59. The fourth-order valence-corrected chi connectivity index (χ4v) is 3.46. The van der Waals surface area contributed by atoms with Gasteiger partial charge in [0.05, 0.1) is 12.5 Å². The maximum absolute atomic E-state index is 12.9. The summed E-state index contributed by atoms with van der Waals surface area (Å²) in [5.41, 5.74) is 1.04. The predicted octanol–water partition coefficient (Wildman–Crippen LogP) is 2.93. The van der Waals surface area contributed by atoms with Crippen LogP contribution in [0.2, 0.25) is 5.02 Å². The molecule has 1 aromatic rings. The smallest absolute Gasteiger partial charge is 0.237 e. The van der Waals surface area contributed by atoms with Crippen LogP contribution in [-0.4, -0.2) is 53.8 Å². The molecule has 1 heterocycles. The van der Waals surface area contributed by atoms with Gasteiger partial charge in [-0.3, -0.25) is 14.5 Å². The zero-order valence-electron chi connectivity index (χ0n) is 16.0. The van der Waals surface area contributed by atoms with Crippen molar-refractivity contribution in [2.45, 2.75) is 46.2 Å². The standard InChI is InChI=1S/C20H30ClN3O2/c1-4-10-24(14-16-5-7-17(21)8-6-16)19(25)12-18-20(26)22-9-11-23(18)13-15(2)3/h5-8,15,18H,4,9-14H2,1-3H3,(H,22,26). The summed E-state index contributed by atoms with van der Waals surface area (Å²) in [5, 5.41) is 3.59. The van der Waals surface area contributed by atoms with Crippen LogP contribution in [0.3, 0.4) is 0 Å². The Morgan fingerprint density at radius 1 is 1.35 bits per heavy atom. The molecule has 2 rings (SSSR count). The minimum absolute atomic E-state index is 0.0256.